The maximum Gasteiger partial charge on any atom is 0.365 e. The Kier molecular flexibility index (Phi) is 17.6. The van der Waals surface area contributed by atoms with Gasteiger partial charge in [-0.05, 0) is 19.1 Å². The van der Waals surface area contributed by atoms with Gasteiger partial charge in [0.1, 0.15) is 0 Å². The number of esters is 1. The Hall–Kier alpha value is -0.970. The number of carbonyl (C=O) groups is 1. The summed E-state index contributed by atoms with van der Waals surface area (Å²) in [7, 11) is 0. The number of thioether (sulfide) groups is 1. The second-order valence-corrected chi connectivity index (χ2v) is 6.90. The molecule has 5 heteroatoms. The summed E-state index contributed by atoms with van der Waals surface area (Å²) in [6, 6.07) is 0. The Labute approximate surface area is 152 Å². The van der Waals surface area contributed by atoms with E-state index in [1.807, 2.05) is 0 Å². The highest BCUT2D eigenvalue weighted by Gasteiger charge is 2.13. The van der Waals surface area contributed by atoms with Gasteiger partial charge in [-0.1, -0.05) is 82.5 Å². The summed E-state index contributed by atoms with van der Waals surface area (Å²) in [5.41, 5.74) is 2.81. The van der Waals surface area contributed by atoms with Crippen LogP contribution in [0.15, 0.2) is 17.8 Å². The normalized spacial score (nSPS) is 11.3. The Bertz CT molecular complexity index is 346. The van der Waals surface area contributed by atoms with E-state index in [1.54, 1.807) is 13.0 Å². The van der Waals surface area contributed by atoms with Gasteiger partial charge in [0.2, 0.25) is 5.04 Å². The number of nitrogens with zero attached hydrogens (tertiary/aromatic N) is 1. The van der Waals surface area contributed by atoms with E-state index in [0.717, 1.165) is 12.2 Å². The molecule has 0 radical (unpaired) electrons. The first-order valence-corrected chi connectivity index (χ1v) is 10.5. The standard InChI is InChI=1S/C19H36N2O2S/c1-4-7-8-9-10-11-12-13-14-15-17-24-18(19(22)23-6-3)21-20-16-5-2/h5,20H,2,4,6-17H2,1,3H3. The highest BCUT2D eigenvalue weighted by molar-refractivity contribution is 8.15. The van der Waals surface area contributed by atoms with Gasteiger partial charge in [-0.3, -0.25) is 0 Å². The summed E-state index contributed by atoms with van der Waals surface area (Å²) in [6.07, 6.45) is 14.9. The number of rotatable bonds is 15. The van der Waals surface area contributed by atoms with E-state index in [4.69, 9.17) is 4.74 Å². The molecule has 0 bridgehead atoms. The van der Waals surface area contributed by atoms with Crippen LogP contribution in [0, 0.1) is 0 Å². The molecule has 0 aliphatic rings. The summed E-state index contributed by atoms with van der Waals surface area (Å²) < 4.78 is 5.03. The van der Waals surface area contributed by atoms with Crippen LogP contribution in [-0.2, 0) is 9.53 Å². The van der Waals surface area contributed by atoms with Crippen molar-refractivity contribution in [1.82, 2.24) is 5.43 Å². The van der Waals surface area contributed by atoms with Gasteiger partial charge in [0.05, 0.1) is 13.2 Å². The van der Waals surface area contributed by atoms with E-state index >= 15 is 0 Å². The summed E-state index contributed by atoms with van der Waals surface area (Å²) in [5.74, 6) is 0.565. The largest absolute Gasteiger partial charge is 0.461 e. The lowest BCUT2D eigenvalue weighted by Gasteiger charge is -2.06. The number of hydrogen-bond acceptors (Lipinski definition) is 5. The molecule has 0 unspecified atom stereocenters. The van der Waals surface area contributed by atoms with Gasteiger partial charge in [0.25, 0.3) is 0 Å². The SMILES string of the molecule is C=CCNN=C(SCCCCCCCCCCCC)C(=O)OCC. The Morgan fingerprint density at radius 1 is 1.04 bits per heavy atom. The molecule has 1 N–H and O–H groups in total. The number of hydrazone groups is 1. The molecule has 0 aromatic rings. The first kappa shape index (κ1) is 23.0. The van der Waals surface area contributed by atoms with E-state index in [-0.39, 0.29) is 5.97 Å². The van der Waals surface area contributed by atoms with E-state index in [9.17, 15) is 4.79 Å². The number of ether oxygens (including phenoxy) is 1. The molecule has 0 fully saturated rings. The van der Waals surface area contributed by atoms with Gasteiger partial charge >= 0.3 is 5.97 Å². The van der Waals surface area contributed by atoms with E-state index in [2.05, 4.69) is 24.0 Å². The Balaban J connectivity index is 3.70. The monoisotopic (exact) mass is 356 g/mol. The van der Waals surface area contributed by atoms with Crippen LogP contribution in [0.2, 0.25) is 0 Å². The summed E-state index contributed by atoms with van der Waals surface area (Å²) in [5, 5.41) is 4.51. The smallest absolute Gasteiger partial charge is 0.365 e. The van der Waals surface area contributed by atoms with Crippen LogP contribution >= 0.6 is 11.8 Å². The van der Waals surface area contributed by atoms with Gasteiger partial charge in [0.15, 0.2) is 0 Å². The third-order valence-electron chi connectivity index (χ3n) is 3.60. The van der Waals surface area contributed by atoms with Crippen molar-refractivity contribution < 1.29 is 9.53 Å². The van der Waals surface area contributed by atoms with Crippen molar-refractivity contribution in [2.75, 3.05) is 18.9 Å². The molecule has 0 spiro atoms. The molecule has 0 rings (SSSR count). The Morgan fingerprint density at radius 2 is 1.62 bits per heavy atom. The molecule has 0 atom stereocenters. The summed E-state index contributed by atoms with van der Waals surface area (Å²) in [6.45, 7) is 8.59. The van der Waals surface area contributed by atoms with Crippen molar-refractivity contribution in [1.29, 1.82) is 0 Å². The highest BCUT2D eigenvalue weighted by Crippen LogP contribution is 2.13. The zero-order valence-electron chi connectivity index (χ0n) is 15.6. The maximum atomic E-state index is 11.8. The molecular weight excluding hydrogens is 320 g/mol. The van der Waals surface area contributed by atoms with Crippen LogP contribution in [0.25, 0.3) is 0 Å². The zero-order valence-corrected chi connectivity index (χ0v) is 16.5. The Morgan fingerprint density at radius 3 is 2.17 bits per heavy atom. The lowest BCUT2D eigenvalue weighted by atomic mass is 10.1. The quantitative estimate of drug-likeness (QED) is 0.108. The van der Waals surface area contributed by atoms with Crippen molar-refractivity contribution in [2.45, 2.75) is 78.1 Å². The minimum absolute atomic E-state index is 0.342. The van der Waals surface area contributed by atoms with Crippen LogP contribution in [0.3, 0.4) is 0 Å². The van der Waals surface area contributed by atoms with Gasteiger partial charge in [-0.25, -0.2) is 4.79 Å². The van der Waals surface area contributed by atoms with Crippen LogP contribution in [-0.4, -0.2) is 29.9 Å². The molecule has 24 heavy (non-hydrogen) atoms. The van der Waals surface area contributed by atoms with Crippen LogP contribution in [0.5, 0.6) is 0 Å². The van der Waals surface area contributed by atoms with Gasteiger partial charge in [-0.2, -0.15) is 5.10 Å². The molecule has 140 valence electrons. The molecule has 0 aliphatic heterocycles. The number of nitrogens with one attached hydrogen (secondary N) is 1. The van der Waals surface area contributed by atoms with Gasteiger partial charge in [-0.15, -0.1) is 6.58 Å². The van der Waals surface area contributed by atoms with E-state index in [0.29, 0.717) is 18.2 Å². The molecule has 0 saturated carbocycles. The van der Waals surface area contributed by atoms with Crippen LogP contribution in [0.4, 0.5) is 0 Å². The van der Waals surface area contributed by atoms with E-state index < -0.39 is 0 Å². The zero-order chi connectivity index (χ0) is 17.9. The predicted octanol–water partition coefficient (Wildman–Crippen LogP) is 5.29. The average Bonchev–Trinajstić information content (AvgIpc) is 2.58. The highest BCUT2D eigenvalue weighted by atomic mass is 32.2. The number of hydrogen-bond donors (Lipinski definition) is 1. The van der Waals surface area contributed by atoms with Gasteiger partial charge in [0, 0.05) is 0 Å². The second-order valence-electron chi connectivity index (χ2n) is 5.82. The van der Waals surface area contributed by atoms with Crippen LogP contribution in [0.1, 0.15) is 78.1 Å². The molecular formula is C19H36N2O2S. The molecule has 0 aliphatic carbocycles. The second kappa shape index (κ2) is 18.4. The fourth-order valence-corrected chi connectivity index (χ4v) is 3.12. The lowest BCUT2D eigenvalue weighted by Crippen LogP contribution is -2.19. The minimum atomic E-state index is -0.342. The maximum absolute atomic E-state index is 11.8. The molecule has 0 amide bonds. The topological polar surface area (TPSA) is 50.7 Å². The first-order chi connectivity index (χ1) is 11.8. The van der Waals surface area contributed by atoms with Gasteiger partial charge < -0.3 is 10.2 Å². The van der Waals surface area contributed by atoms with Crippen molar-refractivity contribution in [2.24, 2.45) is 5.10 Å². The molecule has 4 nitrogen and oxygen atoms in total. The first-order valence-electron chi connectivity index (χ1n) is 9.47. The van der Waals surface area contributed by atoms with Crippen molar-refractivity contribution >= 4 is 22.8 Å². The molecule has 0 aromatic heterocycles. The lowest BCUT2D eigenvalue weighted by molar-refractivity contribution is -0.134. The summed E-state index contributed by atoms with van der Waals surface area (Å²) in [4.78, 5) is 11.8. The molecule has 0 saturated heterocycles. The number of unbranched alkanes of at least 4 members (excludes halogenated alkanes) is 9. The summed E-state index contributed by atoms with van der Waals surface area (Å²) >= 11 is 1.48. The van der Waals surface area contributed by atoms with Crippen LogP contribution < -0.4 is 5.43 Å². The fourth-order valence-electron chi connectivity index (χ4n) is 2.27. The molecule has 0 heterocycles. The molecule has 0 aromatic carbocycles. The van der Waals surface area contributed by atoms with Crippen molar-refractivity contribution in [3.8, 4) is 0 Å². The van der Waals surface area contributed by atoms with Crippen molar-refractivity contribution in [3.05, 3.63) is 12.7 Å². The third-order valence-corrected chi connectivity index (χ3v) is 4.63. The average molecular weight is 357 g/mol. The van der Waals surface area contributed by atoms with E-state index in [1.165, 1.54) is 69.5 Å². The van der Waals surface area contributed by atoms with Crippen molar-refractivity contribution in [3.63, 3.8) is 0 Å². The predicted molar refractivity (Wildman–Crippen MR) is 107 cm³/mol. The number of carbonyl (C=O) groups excluding carboxylic acids is 1. The third kappa shape index (κ3) is 14.6. The fraction of sp³-hybridized carbons (Fsp3) is 0.789. The minimum Gasteiger partial charge on any atom is -0.461 e.